The topological polar surface area (TPSA) is 15.3 Å². The first kappa shape index (κ1) is 18.2. The molecule has 0 amide bonds. The van der Waals surface area contributed by atoms with E-state index in [0.717, 1.165) is 35.9 Å². The first-order valence-corrected chi connectivity index (χ1v) is 9.86. The van der Waals surface area contributed by atoms with Gasteiger partial charge in [-0.25, -0.2) is 4.39 Å². The van der Waals surface area contributed by atoms with Gasteiger partial charge in [-0.1, -0.05) is 11.6 Å². The fourth-order valence-corrected chi connectivity index (χ4v) is 4.57. The molecule has 2 nitrogen and oxygen atoms in total. The van der Waals surface area contributed by atoms with E-state index in [9.17, 15) is 4.39 Å². The monoisotopic (exact) mass is 352 g/mol. The number of halogens is 2. The zero-order valence-electron chi connectivity index (χ0n) is 14.7. The molecule has 1 aliphatic carbocycles. The molecule has 134 valence electrons. The molecule has 1 heterocycles. The first-order chi connectivity index (χ1) is 11.6. The molecule has 1 aliphatic heterocycles. The van der Waals surface area contributed by atoms with Gasteiger partial charge in [-0.15, -0.1) is 0 Å². The lowest BCUT2D eigenvalue weighted by atomic mass is 9.77. The third-order valence-corrected chi connectivity index (χ3v) is 6.29. The highest BCUT2D eigenvalue weighted by Crippen LogP contribution is 2.39. The Morgan fingerprint density at radius 3 is 2.54 bits per heavy atom. The largest absolute Gasteiger partial charge is 0.314 e. The Morgan fingerprint density at radius 1 is 1.12 bits per heavy atom. The highest BCUT2D eigenvalue weighted by atomic mass is 35.5. The second-order valence-electron chi connectivity index (χ2n) is 7.70. The lowest BCUT2D eigenvalue weighted by Crippen LogP contribution is -2.41. The summed E-state index contributed by atoms with van der Waals surface area (Å²) < 4.78 is 13.5. The molecule has 1 aromatic carbocycles. The van der Waals surface area contributed by atoms with Gasteiger partial charge in [0.2, 0.25) is 0 Å². The third kappa shape index (κ3) is 4.93. The number of nitrogens with zero attached hydrogens (tertiary/aromatic N) is 1. The normalized spacial score (nSPS) is 26.6. The minimum Gasteiger partial charge on any atom is -0.314 e. The van der Waals surface area contributed by atoms with Crippen LogP contribution in [-0.2, 0) is 0 Å². The van der Waals surface area contributed by atoms with Crippen molar-refractivity contribution < 1.29 is 4.39 Å². The summed E-state index contributed by atoms with van der Waals surface area (Å²) in [5, 5.41) is 4.48. The van der Waals surface area contributed by atoms with Gasteiger partial charge in [0, 0.05) is 11.1 Å². The van der Waals surface area contributed by atoms with Crippen LogP contribution in [0.15, 0.2) is 18.2 Å². The van der Waals surface area contributed by atoms with Crippen LogP contribution in [0.25, 0.3) is 0 Å². The minimum absolute atomic E-state index is 0.168. The highest BCUT2D eigenvalue weighted by molar-refractivity contribution is 6.31. The van der Waals surface area contributed by atoms with Crippen LogP contribution in [0.5, 0.6) is 0 Å². The molecule has 3 rings (SSSR count). The number of hydrogen-bond acceptors (Lipinski definition) is 2. The maximum absolute atomic E-state index is 13.5. The van der Waals surface area contributed by atoms with Crippen molar-refractivity contribution in [3.8, 4) is 0 Å². The molecule has 4 heteroatoms. The summed E-state index contributed by atoms with van der Waals surface area (Å²) in [5.74, 6) is 1.08. The lowest BCUT2D eigenvalue weighted by molar-refractivity contribution is 0.228. The van der Waals surface area contributed by atoms with Gasteiger partial charge >= 0.3 is 0 Å². The molecule has 0 spiro atoms. The molecule has 0 radical (unpaired) electrons. The molecular weight excluding hydrogens is 323 g/mol. The molecule has 1 saturated carbocycles. The van der Waals surface area contributed by atoms with Crippen molar-refractivity contribution in [2.24, 2.45) is 5.92 Å². The molecule has 2 aliphatic rings. The molecule has 2 fully saturated rings. The van der Waals surface area contributed by atoms with Gasteiger partial charge in [-0.05, 0) is 107 Å². The maximum Gasteiger partial charge on any atom is 0.123 e. The predicted octanol–water partition coefficient (Wildman–Crippen LogP) is 4.83. The summed E-state index contributed by atoms with van der Waals surface area (Å²) in [5.41, 5.74) is 1.01. The predicted molar refractivity (Wildman–Crippen MR) is 99.2 cm³/mol. The van der Waals surface area contributed by atoms with Gasteiger partial charge in [0.15, 0.2) is 0 Å². The number of piperidine rings is 1. The summed E-state index contributed by atoms with van der Waals surface area (Å²) in [6, 6.07) is 5.49. The fraction of sp³-hybridized carbons (Fsp3) is 0.700. The second-order valence-corrected chi connectivity index (χ2v) is 8.11. The molecule has 1 N–H and O–H groups in total. The quantitative estimate of drug-likeness (QED) is 0.816. The SMILES string of the molecule is CN1CCC(NCCC2CCC(c3cc(F)ccc3Cl)CC2)CC1. The Labute approximate surface area is 150 Å². The summed E-state index contributed by atoms with van der Waals surface area (Å²) in [7, 11) is 2.21. The van der Waals surface area contributed by atoms with Crippen molar-refractivity contribution in [1.29, 1.82) is 0 Å². The summed E-state index contributed by atoms with van der Waals surface area (Å²) >= 11 is 6.27. The van der Waals surface area contributed by atoms with E-state index in [1.807, 2.05) is 0 Å². The molecule has 24 heavy (non-hydrogen) atoms. The van der Waals surface area contributed by atoms with Gasteiger partial charge in [0.05, 0.1) is 0 Å². The Bertz CT molecular complexity index is 520. The van der Waals surface area contributed by atoms with Crippen LogP contribution in [0.2, 0.25) is 5.02 Å². The maximum atomic E-state index is 13.5. The van der Waals surface area contributed by atoms with E-state index in [1.165, 1.54) is 51.3 Å². The zero-order valence-corrected chi connectivity index (χ0v) is 15.5. The Morgan fingerprint density at radius 2 is 1.83 bits per heavy atom. The van der Waals surface area contributed by atoms with Crippen molar-refractivity contribution in [2.45, 2.75) is 56.9 Å². The summed E-state index contributed by atoms with van der Waals surface area (Å²) in [6.45, 7) is 3.58. The average molecular weight is 353 g/mol. The zero-order chi connectivity index (χ0) is 16.9. The van der Waals surface area contributed by atoms with Crippen molar-refractivity contribution in [2.75, 3.05) is 26.7 Å². The fourth-order valence-electron chi connectivity index (χ4n) is 4.29. The molecule has 0 aromatic heterocycles. The molecular formula is C20H30ClFN2. The number of nitrogens with one attached hydrogen (secondary N) is 1. The molecule has 0 bridgehead atoms. The van der Waals surface area contributed by atoms with E-state index in [1.54, 1.807) is 12.1 Å². The van der Waals surface area contributed by atoms with Crippen molar-refractivity contribution >= 4 is 11.6 Å². The Balaban J connectivity index is 1.38. The van der Waals surface area contributed by atoms with Crippen LogP contribution in [0.3, 0.4) is 0 Å². The highest BCUT2D eigenvalue weighted by Gasteiger charge is 2.24. The van der Waals surface area contributed by atoms with Crippen molar-refractivity contribution in [3.05, 3.63) is 34.6 Å². The van der Waals surface area contributed by atoms with E-state index in [2.05, 4.69) is 17.3 Å². The Hall–Kier alpha value is -0.640. The number of likely N-dealkylation sites (tertiary alicyclic amines) is 1. The smallest absolute Gasteiger partial charge is 0.123 e. The van der Waals surface area contributed by atoms with Crippen LogP contribution in [0.4, 0.5) is 4.39 Å². The Kier molecular flexibility index (Phi) is 6.54. The van der Waals surface area contributed by atoms with Crippen LogP contribution >= 0.6 is 11.6 Å². The summed E-state index contributed by atoms with van der Waals surface area (Å²) in [4.78, 5) is 2.41. The van der Waals surface area contributed by atoms with E-state index >= 15 is 0 Å². The van der Waals surface area contributed by atoms with Gasteiger partial charge in [0.25, 0.3) is 0 Å². The lowest BCUT2D eigenvalue weighted by Gasteiger charge is -2.32. The van der Waals surface area contributed by atoms with Crippen molar-refractivity contribution in [1.82, 2.24) is 10.2 Å². The first-order valence-electron chi connectivity index (χ1n) is 9.48. The van der Waals surface area contributed by atoms with Gasteiger partial charge < -0.3 is 10.2 Å². The number of rotatable bonds is 5. The molecule has 1 saturated heterocycles. The van der Waals surface area contributed by atoms with Crippen LogP contribution in [-0.4, -0.2) is 37.6 Å². The van der Waals surface area contributed by atoms with E-state index in [0.29, 0.717) is 12.0 Å². The van der Waals surface area contributed by atoms with E-state index in [4.69, 9.17) is 11.6 Å². The van der Waals surface area contributed by atoms with Gasteiger partial charge in [0.1, 0.15) is 5.82 Å². The van der Waals surface area contributed by atoms with Crippen LogP contribution in [0, 0.1) is 11.7 Å². The summed E-state index contributed by atoms with van der Waals surface area (Å²) in [6.07, 6.45) is 8.60. The van der Waals surface area contributed by atoms with Gasteiger partial charge in [-0.3, -0.25) is 0 Å². The molecule has 0 atom stereocenters. The average Bonchev–Trinajstić information content (AvgIpc) is 2.59. The number of hydrogen-bond donors (Lipinski definition) is 1. The van der Waals surface area contributed by atoms with E-state index < -0.39 is 0 Å². The standard InChI is InChI=1S/C20H30ClFN2/c1-24-12-9-18(10-13-24)23-11-8-15-2-4-16(5-3-15)19-14-17(22)6-7-20(19)21/h6-7,14-16,18,23H,2-5,8-13H2,1H3. The van der Waals surface area contributed by atoms with Crippen LogP contribution < -0.4 is 5.32 Å². The third-order valence-electron chi connectivity index (χ3n) is 5.95. The number of benzene rings is 1. The van der Waals surface area contributed by atoms with Crippen molar-refractivity contribution in [3.63, 3.8) is 0 Å². The van der Waals surface area contributed by atoms with E-state index in [-0.39, 0.29) is 5.82 Å². The molecule has 0 unspecified atom stereocenters. The van der Waals surface area contributed by atoms with Gasteiger partial charge in [-0.2, -0.15) is 0 Å². The molecule has 1 aromatic rings. The second kappa shape index (κ2) is 8.64. The van der Waals surface area contributed by atoms with Crippen LogP contribution in [0.1, 0.15) is 56.4 Å². The minimum atomic E-state index is -0.168.